The van der Waals surface area contributed by atoms with E-state index in [0.29, 0.717) is 17.5 Å². The van der Waals surface area contributed by atoms with Crippen molar-refractivity contribution in [2.45, 2.75) is 6.61 Å². The summed E-state index contributed by atoms with van der Waals surface area (Å²) in [6, 6.07) is 15.3. The SMILES string of the molecule is [B]c1ccc(OCc2ccccc2)cc1[B]. The van der Waals surface area contributed by atoms with Gasteiger partial charge in [0, 0.05) is 0 Å². The molecule has 4 radical (unpaired) electrons. The summed E-state index contributed by atoms with van der Waals surface area (Å²) in [6.07, 6.45) is 0. The van der Waals surface area contributed by atoms with Crippen LogP contribution in [0.5, 0.6) is 5.75 Å². The lowest BCUT2D eigenvalue weighted by molar-refractivity contribution is 0.306. The number of benzene rings is 2. The van der Waals surface area contributed by atoms with Gasteiger partial charge in [-0.2, -0.15) is 0 Å². The highest BCUT2D eigenvalue weighted by molar-refractivity contribution is 6.48. The topological polar surface area (TPSA) is 9.23 Å². The van der Waals surface area contributed by atoms with Gasteiger partial charge in [-0.15, -0.1) is 5.46 Å². The Morgan fingerprint density at radius 3 is 2.31 bits per heavy atom. The Morgan fingerprint density at radius 2 is 1.62 bits per heavy atom. The van der Waals surface area contributed by atoms with Crippen LogP contribution in [0.15, 0.2) is 48.5 Å². The molecule has 0 heterocycles. The molecule has 2 aromatic carbocycles. The predicted octanol–water partition coefficient (Wildman–Crippen LogP) is 0.853. The molecule has 0 aromatic heterocycles. The van der Waals surface area contributed by atoms with E-state index in [1.54, 1.807) is 12.1 Å². The minimum Gasteiger partial charge on any atom is -0.489 e. The summed E-state index contributed by atoms with van der Waals surface area (Å²) in [5, 5.41) is 0. The lowest BCUT2D eigenvalue weighted by atomic mass is 9.81. The van der Waals surface area contributed by atoms with Gasteiger partial charge in [-0.05, 0) is 17.7 Å². The van der Waals surface area contributed by atoms with Crippen molar-refractivity contribution in [1.29, 1.82) is 0 Å². The van der Waals surface area contributed by atoms with Crippen LogP contribution in [0.2, 0.25) is 0 Å². The maximum Gasteiger partial charge on any atom is 0.119 e. The molecule has 0 aliphatic heterocycles. The molecule has 0 amide bonds. The maximum atomic E-state index is 5.68. The highest BCUT2D eigenvalue weighted by atomic mass is 16.5. The number of rotatable bonds is 3. The first-order valence-corrected chi connectivity index (χ1v) is 5.07. The van der Waals surface area contributed by atoms with E-state index in [0.717, 1.165) is 11.3 Å². The third-order valence-corrected chi connectivity index (χ3v) is 2.31. The summed E-state index contributed by atoms with van der Waals surface area (Å²) < 4.78 is 5.59. The van der Waals surface area contributed by atoms with Crippen LogP contribution in [-0.4, -0.2) is 15.7 Å². The van der Waals surface area contributed by atoms with Gasteiger partial charge in [0.1, 0.15) is 28.0 Å². The Morgan fingerprint density at radius 1 is 0.875 bits per heavy atom. The quantitative estimate of drug-likeness (QED) is 0.673. The molecule has 0 atom stereocenters. The largest absolute Gasteiger partial charge is 0.489 e. The van der Waals surface area contributed by atoms with E-state index in [2.05, 4.69) is 0 Å². The van der Waals surface area contributed by atoms with Crippen LogP contribution in [0.4, 0.5) is 0 Å². The molecular formula is C13H10B2O. The van der Waals surface area contributed by atoms with Crippen LogP contribution in [0, 0.1) is 0 Å². The molecule has 0 fully saturated rings. The summed E-state index contributed by atoms with van der Waals surface area (Å²) in [5.74, 6) is 0.732. The van der Waals surface area contributed by atoms with E-state index in [1.807, 2.05) is 36.4 Å². The summed E-state index contributed by atoms with van der Waals surface area (Å²) >= 11 is 0. The van der Waals surface area contributed by atoms with E-state index < -0.39 is 0 Å². The van der Waals surface area contributed by atoms with E-state index in [1.165, 1.54) is 0 Å². The molecule has 2 rings (SSSR count). The molecule has 0 spiro atoms. The molecule has 2 aromatic rings. The monoisotopic (exact) mass is 204 g/mol. The first-order chi connectivity index (χ1) is 7.75. The Bertz CT molecular complexity index is 469. The standard InChI is InChI=1S/C13H10B2O/c14-12-7-6-11(8-13(12)15)16-9-10-4-2-1-3-5-10/h1-8H,9H2. The molecule has 0 aliphatic rings. The average Bonchev–Trinajstić information content (AvgIpc) is 2.32. The highest BCUT2D eigenvalue weighted by Gasteiger charge is 1.97. The van der Waals surface area contributed by atoms with Gasteiger partial charge in [-0.3, -0.25) is 0 Å². The first kappa shape index (κ1) is 10.9. The van der Waals surface area contributed by atoms with Crippen LogP contribution in [0.1, 0.15) is 5.56 Å². The van der Waals surface area contributed by atoms with Gasteiger partial charge in [0.2, 0.25) is 0 Å². The minimum absolute atomic E-state index is 0.532. The summed E-state index contributed by atoms with van der Waals surface area (Å²) in [7, 11) is 11.3. The number of hydrogen-bond donors (Lipinski definition) is 0. The lowest BCUT2D eigenvalue weighted by Crippen LogP contribution is -2.24. The van der Waals surface area contributed by atoms with Gasteiger partial charge >= 0.3 is 0 Å². The Labute approximate surface area is 98.3 Å². The highest BCUT2D eigenvalue weighted by Crippen LogP contribution is 2.09. The van der Waals surface area contributed by atoms with Crippen molar-refractivity contribution in [2.24, 2.45) is 0 Å². The van der Waals surface area contributed by atoms with Gasteiger partial charge in [0.25, 0.3) is 0 Å². The van der Waals surface area contributed by atoms with Gasteiger partial charge in [0.15, 0.2) is 0 Å². The van der Waals surface area contributed by atoms with Crippen LogP contribution in [0.25, 0.3) is 0 Å². The molecule has 0 aliphatic carbocycles. The average molecular weight is 204 g/mol. The zero-order valence-electron chi connectivity index (χ0n) is 8.89. The van der Waals surface area contributed by atoms with Gasteiger partial charge in [-0.1, -0.05) is 41.9 Å². The molecule has 16 heavy (non-hydrogen) atoms. The zero-order chi connectivity index (χ0) is 11.4. The molecule has 0 saturated carbocycles. The van der Waals surface area contributed by atoms with Crippen molar-refractivity contribution in [3.63, 3.8) is 0 Å². The predicted molar refractivity (Wildman–Crippen MR) is 68.0 cm³/mol. The molecule has 0 bridgehead atoms. The van der Waals surface area contributed by atoms with Gasteiger partial charge < -0.3 is 4.74 Å². The zero-order valence-corrected chi connectivity index (χ0v) is 8.89. The molecule has 0 unspecified atom stereocenters. The second-order valence-electron chi connectivity index (χ2n) is 3.56. The fourth-order valence-corrected chi connectivity index (χ4v) is 1.38. The van der Waals surface area contributed by atoms with Crippen molar-refractivity contribution in [2.75, 3.05) is 0 Å². The Hall–Kier alpha value is -1.63. The first-order valence-electron chi connectivity index (χ1n) is 5.07. The van der Waals surface area contributed by atoms with Crippen molar-refractivity contribution in [1.82, 2.24) is 0 Å². The third-order valence-electron chi connectivity index (χ3n) is 2.31. The van der Waals surface area contributed by atoms with Crippen molar-refractivity contribution < 1.29 is 4.74 Å². The second kappa shape index (κ2) is 4.93. The van der Waals surface area contributed by atoms with Crippen molar-refractivity contribution >= 4 is 26.6 Å². The normalized spacial score (nSPS) is 10.0. The maximum absolute atomic E-state index is 5.68. The van der Waals surface area contributed by atoms with E-state index in [4.69, 9.17) is 20.4 Å². The molecule has 74 valence electrons. The summed E-state index contributed by atoms with van der Waals surface area (Å²) in [6.45, 7) is 0.532. The Kier molecular flexibility index (Phi) is 3.35. The minimum atomic E-state index is 0.532. The fraction of sp³-hybridized carbons (Fsp3) is 0.0769. The second-order valence-corrected chi connectivity index (χ2v) is 3.56. The molecule has 0 N–H and O–H groups in total. The van der Waals surface area contributed by atoms with E-state index >= 15 is 0 Å². The number of hydrogen-bond acceptors (Lipinski definition) is 1. The van der Waals surface area contributed by atoms with Crippen LogP contribution in [0.3, 0.4) is 0 Å². The lowest BCUT2D eigenvalue weighted by Gasteiger charge is -2.08. The van der Waals surface area contributed by atoms with Crippen molar-refractivity contribution in [3.8, 4) is 5.75 Å². The molecular weight excluding hydrogens is 194 g/mol. The van der Waals surface area contributed by atoms with Gasteiger partial charge in [-0.25, -0.2) is 0 Å². The molecule has 0 saturated heterocycles. The van der Waals surface area contributed by atoms with Crippen LogP contribution >= 0.6 is 0 Å². The fourth-order valence-electron chi connectivity index (χ4n) is 1.38. The van der Waals surface area contributed by atoms with Crippen LogP contribution in [-0.2, 0) is 6.61 Å². The molecule has 1 nitrogen and oxygen atoms in total. The smallest absolute Gasteiger partial charge is 0.119 e. The summed E-state index contributed by atoms with van der Waals surface area (Å²) in [4.78, 5) is 0. The van der Waals surface area contributed by atoms with Crippen molar-refractivity contribution in [3.05, 3.63) is 54.1 Å². The van der Waals surface area contributed by atoms with Crippen LogP contribution < -0.4 is 15.7 Å². The third kappa shape index (κ3) is 2.69. The number of ether oxygens (including phenoxy) is 1. The Balaban J connectivity index is 2.03. The molecule has 3 heteroatoms. The summed E-state index contributed by atoms with van der Waals surface area (Å²) in [5.41, 5.74) is 2.25. The van der Waals surface area contributed by atoms with E-state index in [-0.39, 0.29) is 0 Å². The van der Waals surface area contributed by atoms with Gasteiger partial charge in [0.05, 0.1) is 0 Å². The van der Waals surface area contributed by atoms with E-state index in [9.17, 15) is 0 Å².